The third-order valence-corrected chi connectivity index (χ3v) is 6.24. The van der Waals surface area contributed by atoms with Gasteiger partial charge in [-0.25, -0.2) is 14.2 Å². The van der Waals surface area contributed by atoms with Crippen molar-refractivity contribution in [1.29, 1.82) is 0 Å². The number of unbranched alkanes of at least 4 members (excludes halogenated alkanes) is 1. The molecule has 8 heteroatoms. The molecule has 0 fully saturated rings. The number of imidazole rings is 1. The monoisotopic (exact) mass is 490 g/mol. The predicted octanol–water partition coefficient (Wildman–Crippen LogP) is 3.24. The van der Waals surface area contributed by atoms with Crippen molar-refractivity contribution in [2.75, 3.05) is 7.11 Å². The molecule has 0 aliphatic heterocycles. The van der Waals surface area contributed by atoms with Gasteiger partial charge in [0, 0.05) is 13.0 Å². The van der Waals surface area contributed by atoms with Crippen molar-refractivity contribution in [3.05, 3.63) is 33.0 Å². The van der Waals surface area contributed by atoms with Gasteiger partial charge < -0.3 is 15.8 Å². The van der Waals surface area contributed by atoms with E-state index in [1.54, 1.807) is 11.7 Å². The average molecular weight is 491 g/mol. The highest BCUT2D eigenvalue weighted by atomic mass is 16.5. The lowest BCUT2D eigenvalue weighted by Crippen LogP contribution is -2.55. The first kappa shape index (κ1) is 30.3. The van der Waals surface area contributed by atoms with E-state index in [-0.39, 0.29) is 0 Å². The van der Waals surface area contributed by atoms with Crippen molar-refractivity contribution < 1.29 is 14.3 Å². The average Bonchev–Trinajstić information content (AvgIpc) is 3.05. The van der Waals surface area contributed by atoms with Crippen molar-refractivity contribution in [2.24, 2.45) is 17.1 Å². The predicted molar refractivity (Wildman–Crippen MR) is 142 cm³/mol. The Labute approximate surface area is 209 Å². The number of fused-ring (bicyclic) bond motifs is 1. The molecule has 1 unspecified atom stereocenters. The number of nitrogens with zero attached hydrogens (tertiary/aromatic N) is 2. The minimum Gasteiger partial charge on any atom is -0.501 e. The summed E-state index contributed by atoms with van der Waals surface area (Å²) >= 11 is 0. The molecule has 2 rings (SSSR count). The Kier molecular flexibility index (Phi) is 12.1. The molecule has 1 aromatic rings. The van der Waals surface area contributed by atoms with Crippen LogP contribution in [0.3, 0.4) is 0 Å². The Morgan fingerprint density at radius 1 is 1.14 bits per heavy atom. The molecule has 1 heterocycles. The highest BCUT2D eigenvalue weighted by Gasteiger charge is 2.32. The number of rotatable bonds is 9. The third-order valence-electron chi connectivity index (χ3n) is 6.24. The van der Waals surface area contributed by atoms with Gasteiger partial charge in [-0.15, -0.1) is 0 Å². The maximum absolute atomic E-state index is 13.6. The fourth-order valence-corrected chi connectivity index (χ4v) is 4.19. The molecule has 1 aliphatic rings. The molecule has 35 heavy (non-hydrogen) atoms. The number of methoxy groups -OCH3 is 1. The first-order chi connectivity index (χ1) is 16.5. The Hall–Kier alpha value is -2.77. The van der Waals surface area contributed by atoms with E-state index in [0.29, 0.717) is 36.0 Å². The number of hydrogen-bond donors (Lipinski definition) is 2. The van der Waals surface area contributed by atoms with Crippen molar-refractivity contribution in [3.8, 4) is 0 Å². The minimum atomic E-state index is -0.915. The van der Waals surface area contributed by atoms with E-state index in [9.17, 15) is 14.4 Å². The largest absolute Gasteiger partial charge is 0.501 e. The number of ether oxygens (including phenoxy) is 1. The molecule has 0 saturated carbocycles. The molecule has 198 valence electrons. The molecule has 3 N–H and O–H groups in total. The Bertz CT molecular complexity index is 1060. The fourth-order valence-electron chi connectivity index (χ4n) is 4.19. The maximum atomic E-state index is 13.6. The normalized spacial score (nSPS) is 17.4. The second-order valence-corrected chi connectivity index (χ2v) is 9.79. The molecule has 0 bridgehead atoms. The summed E-state index contributed by atoms with van der Waals surface area (Å²) < 4.78 is 8.27. The molecule has 1 aromatic heterocycles. The van der Waals surface area contributed by atoms with Gasteiger partial charge in [-0.05, 0) is 30.3 Å². The quantitative estimate of drug-likeness (QED) is 0.554. The Morgan fingerprint density at radius 3 is 2.31 bits per heavy atom. The van der Waals surface area contributed by atoms with Crippen molar-refractivity contribution in [2.45, 2.75) is 99.6 Å². The van der Waals surface area contributed by atoms with Crippen molar-refractivity contribution in [1.82, 2.24) is 14.5 Å². The molecule has 2 atom stereocenters. The van der Waals surface area contributed by atoms with Gasteiger partial charge in [0.1, 0.15) is 6.04 Å². The molecule has 2 amide bonds. The minimum absolute atomic E-state index is 0.329. The lowest BCUT2D eigenvalue weighted by molar-refractivity contribution is -0.122. The summed E-state index contributed by atoms with van der Waals surface area (Å²) in [5, 5.41) is 3.94. The summed E-state index contributed by atoms with van der Waals surface area (Å²) in [4.78, 5) is 38.9. The van der Waals surface area contributed by atoms with Crippen LogP contribution in [0.5, 0.6) is 0 Å². The van der Waals surface area contributed by atoms with Gasteiger partial charge >= 0.3 is 11.7 Å². The molecule has 0 spiro atoms. The second kappa shape index (κ2) is 14.0. The summed E-state index contributed by atoms with van der Waals surface area (Å²) in [5.74, 6) is 0.502. The summed E-state index contributed by atoms with van der Waals surface area (Å²) in [6.45, 7) is 14.3. The SMILES string of the molecule is CC.CCCCC(CC)Cn1c2/c(n(C(=O)N[C@H](C(N)=O)C(C)(C)C)c1=O)=C\C/C=C(/OC)CC=2. The Balaban J connectivity index is 0.00000298. The van der Waals surface area contributed by atoms with Crippen LogP contribution in [0.15, 0.2) is 16.6 Å². The van der Waals surface area contributed by atoms with Crippen LogP contribution in [0.25, 0.3) is 12.2 Å². The van der Waals surface area contributed by atoms with E-state index in [1.807, 2.05) is 52.8 Å². The number of nitrogens with one attached hydrogen (secondary N) is 1. The van der Waals surface area contributed by atoms with Crippen molar-refractivity contribution in [3.63, 3.8) is 0 Å². The van der Waals surface area contributed by atoms with E-state index in [1.165, 1.54) is 0 Å². The molecule has 0 saturated heterocycles. The Morgan fingerprint density at radius 2 is 1.80 bits per heavy atom. The summed E-state index contributed by atoms with van der Waals surface area (Å²) in [5.41, 5.74) is 4.55. The maximum Gasteiger partial charge on any atom is 0.337 e. The van der Waals surface area contributed by atoms with Crippen LogP contribution in [-0.2, 0) is 16.1 Å². The number of carbonyl (C=O) groups is 2. The molecular weight excluding hydrogens is 444 g/mol. The molecular formula is C27H46N4O4. The number of aromatic nitrogens is 2. The zero-order valence-electron chi connectivity index (χ0n) is 22.9. The summed E-state index contributed by atoms with van der Waals surface area (Å²) in [6.07, 6.45) is 10.9. The first-order valence-corrected chi connectivity index (χ1v) is 12.9. The van der Waals surface area contributed by atoms with Gasteiger partial charge in [0.05, 0.1) is 23.6 Å². The second-order valence-electron chi connectivity index (χ2n) is 9.79. The van der Waals surface area contributed by atoms with Crippen LogP contribution < -0.4 is 27.4 Å². The molecule has 0 radical (unpaired) electrons. The number of carbonyl (C=O) groups excluding carboxylic acids is 2. The van der Waals surface area contributed by atoms with Crippen LogP contribution in [0, 0.1) is 11.3 Å². The van der Waals surface area contributed by atoms with E-state index >= 15 is 0 Å². The van der Waals surface area contributed by atoms with Gasteiger partial charge in [0.15, 0.2) is 0 Å². The van der Waals surface area contributed by atoms with Crippen molar-refractivity contribution >= 4 is 24.1 Å². The molecule has 8 nitrogen and oxygen atoms in total. The standard InChI is InChI=1S/C25H40N4O4.C2H6/c1-7-9-11-17(8-2)16-28-19-15-14-18(33-6)12-10-13-20(19)29(24(28)32)23(31)27-21(22(26)30)25(3,4)5;1-2/h12-13,15,17,21H,7-11,14,16H2,1-6H3,(H2,26,30)(H,27,31);1-2H3/b18-12+,19-15?,20-13+;/t17?,21-;/m1./s1. The highest BCUT2D eigenvalue weighted by molar-refractivity contribution is 5.87. The van der Waals surface area contributed by atoms with E-state index in [4.69, 9.17) is 10.5 Å². The zero-order valence-corrected chi connectivity index (χ0v) is 22.9. The molecule has 0 aromatic carbocycles. The van der Waals surface area contributed by atoms with E-state index in [0.717, 1.165) is 36.0 Å². The van der Waals surface area contributed by atoms with Crippen LogP contribution in [0.4, 0.5) is 4.79 Å². The van der Waals surface area contributed by atoms with Gasteiger partial charge in [0.2, 0.25) is 5.91 Å². The number of hydrogen-bond acceptors (Lipinski definition) is 4. The fraction of sp³-hybridized carbons (Fsp3) is 0.667. The van der Waals surface area contributed by atoms with Crippen LogP contribution in [0.2, 0.25) is 0 Å². The number of amides is 2. The lowest BCUT2D eigenvalue weighted by atomic mass is 9.86. The van der Waals surface area contributed by atoms with E-state index in [2.05, 4.69) is 19.2 Å². The van der Waals surface area contributed by atoms with Gasteiger partial charge in [-0.2, -0.15) is 0 Å². The number of primary amides is 1. The van der Waals surface area contributed by atoms with Crippen LogP contribution in [-0.4, -0.2) is 34.2 Å². The van der Waals surface area contributed by atoms with Gasteiger partial charge in [-0.1, -0.05) is 79.9 Å². The first-order valence-electron chi connectivity index (χ1n) is 12.9. The topological polar surface area (TPSA) is 108 Å². The zero-order chi connectivity index (χ0) is 26.8. The van der Waals surface area contributed by atoms with Gasteiger partial charge in [0.25, 0.3) is 0 Å². The summed E-state index contributed by atoms with van der Waals surface area (Å²) in [7, 11) is 1.63. The third kappa shape index (κ3) is 7.87. The van der Waals surface area contributed by atoms with Crippen LogP contribution in [0.1, 0.15) is 87.0 Å². The van der Waals surface area contributed by atoms with E-state index < -0.39 is 29.1 Å². The lowest BCUT2D eigenvalue weighted by Gasteiger charge is -2.28. The highest BCUT2D eigenvalue weighted by Crippen LogP contribution is 2.19. The smallest absolute Gasteiger partial charge is 0.337 e. The molecule has 1 aliphatic carbocycles. The van der Waals surface area contributed by atoms with Gasteiger partial charge in [-0.3, -0.25) is 9.36 Å². The van der Waals surface area contributed by atoms with Crippen LogP contribution >= 0.6 is 0 Å². The number of allylic oxidation sites excluding steroid dienone is 2. The number of nitrogens with two attached hydrogens (primary N) is 1. The summed E-state index contributed by atoms with van der Waals surface area (Å²) in [6, 6.07) is -1.56.